The molecular formula is C56H56ClF3N4O9S. The Kier molecular flexibility index (Phi) is 18.1. The van der Waals surface area contributed by atoms with Gasteiger partial charge in [-0.05, 0) is 108 Å². The number of esters is 1. The number of nitrogens with one attached hydrogen (secondary N) is 1. The molecule has 0 aromatic heterocycles. The fourth-order valence-electron chi connectivity index (χ4n) is 9.04. The lowest BCUT2D eigenvalue weighted by atomic mass is 9.86. The Morgan fingerprint density at radius 3 is 2.09 bits per heavy atom. The average molecular weight is 1050 g/mol. The van der Waals surface area contributed by atoms with Crippen LogP contribution in [-0.2, 0) is 59.6 Å². The lowest BCUT2D eigenvalue weighted by Gasteiger charge is -2.30. The summed E-state index contributed by atoms with van der Waals surface area (Å²) in [6.45, 7) is 1.39. The number of nitrogens with zero attached hydrogens (tertiary/aromatic N) is 3. The number of fused-ring (bicyclic) bond motifs is 1. The molecule has 0 bridgehead atoms. The Bertz CT molecular complexity index is 3020. The van der Waals surface area contributed by atoms with Crippen LogP contribution < -0.4 is 19.3 Å². The SMILES string of the molecule is CN(CC(=O)Nc1cccc(S(=O)(=O)N(Cc2ccccc2)c2cccc(Cl)c2)c1)C(=O)OCc1ccccc1.COc1ccc([C@@H]2Cc3c(cccc3C(F)(F)F)N(CC3CCCC3)C(=O)[C@@H]2OC(C)=O)cc1. The highest BCUT2D eigenvalue weighted by atomic mass is 35.5. The largest absolute Gasteiger partial charge is 0.497 e. The maximum absolute atomic E-state index is 14.1. The number of carbonyl (C=O) groups excluding carboxylic acids is 4. The van der Waals surface area contributed by atoms with Crippen molar-refractivity contribution in [1.82, 2.24) is 4.90 Å². The molecule has 8 rings (SSSR count). The fraction of sp³-hybridized carbons (Fsp3) is 0.286. The standard InChI is InChI=1S/C30H28ClN3O5S.C26H28F3NO4/c1-33(30(36)39-22-24-12-6-3-7-13-24)21-29(35)32-26-15-9-17-28(19-26)40(37,38)34(20-23-10-4-2-5-11-23)27-16-8-14-25(31)18-27;1-16(31)34-24-20(18-10-12-19(33-2)13-11-18)14-21-22(26(27,28)29)8-5-9-23(21)30(25(24)32)15-17-6-3-4-7-17/h2-19H,20-22H2,1H3,(H,32,35);5,8-13,17,20,24H,3-4,6-7,14-15H2,1-2H3/t;20-,24+/m.0/s1. The second kappa shape index (κ2) is 24.6. The third-order valence-electron chi connectivity index (χ3n) is 12.7. The van der Waals surface area contributed by atoms with Gasteiger partial charge in [0.25, 0.3) is 15.9 Å². The molecule has 0 saturated heterocycles. The number of alkyl halides is 3. The highest BCUT2D eigenvalue weighted by molar-refractivity contribution is 7.92. The lowest BCUT2D eigenvalue weighted by molar-refractivity contribution is -0.154. The zero-order valence-electron chi connectivity index (χ0n) is 41.0. The van der Waals surface area contributed by atoms with Crippen molar-refractivity contribution in [2.75, 3.05) is 41.8 Å². The van der Waals surface area contributed by atoms with E-state index in [1.165, 1.54) is 48.5 Å². The first-order chi connectivity index (χ1) is 35.4. The summed E-state index contributed by atoms with van der Waals surface area (Å²) in [5, 5.41) is 3.06. The number of anilines is 3. The zero-order valence-corrected chi connectivity index (χ0v) is 42.5. The molecule has 0 radical (unpaired) electrons. The molecule has 74 heavy (non-hydrogen) atoms. The maximum atomic E-state index is 14.1. The van der Waals surface area contributed by atoms with Gasteiger partial charge >= 0.3 is 18.2 Å². The van der Waals surface area contributed by atoms with E-state index < -0.39 is 57.7 Å². The topological polar surface area (TPSA) is 152 Å². The van der Waals surface area contributed by atoms with E-state index in [4.69, 9.17) is 25.8 Å². The molecule has 0 unspecified atom stereocenters. The number of amides is 3. The van der Waals surface area contributed by atoms with Gasteiger partial charge in [0.1, 0.15) is 18.9 Å². The van der Waals surface area contributed by atoms with Gasteiger partial charge in [-0.25, -0.2) is 13.2 Å². The van der Waals surface area contributed by atoms with E-state index in [-0.39, 0.29) is 53.9 Å². The Morgan fingerprint density at radius 2 is 1.46 bits per heavy atom. The van der Waals surface area contributed by atoms with Crippen molar-refractivity contribution in [2.24, 2.45) is 5.92 Å². The van der Waals surface area contributed by atoms with Crippen LogP contribution in [0.1, 0.15) is 66.3 Å². The number of benzene rings is 6. The Labute approximate surface area is 433 Å². The van der Waals surface area contributed by atoms with Crippen LogP contribution in [0.2, 0.25) is 5.02 Å². The lowest BCUT2D eigenvalue weighted by Crippen LogP contribution is -2.45. The van der Waals surface area contributed by atoms with Crippen LogP contribution in [-0.4, -0.2) is 70.5 Å². The van der Waals surface area contributed by atoms with Crippen LogP contribution in [0, 0.1) is 5.92 Å². The first-order valence-electron chi connectivity index (χ1n) is 23.9. The predicted molar refractivity (Wildman–Crippen MR) is 276 cm³/mol. The number of carbonyl (C=O) groups is 4. The van der Waals surface area contributed by atoms with Gasteiger partial charge in [-0.1, -0.05) is 115 Å². The van der Waals surface area contributed by atoms with Gasteiger partial charge in [-0.3, -0.25) is 18.7 Å². The number of sulfonamides is 1. The van der Waals surface area contributed by atoms with Gasteiger partial charge in [-0.2, -0.15) is 13.2 Å². The van der Waals surface area contributed by atoms with Gasteiger partial charge in [0.05, 0.1) is 29.8 Å². The molecule has 3 amide bonds. The third kappa shape index (κ3) is 14.0. The summed E-state index contributed by atoms with van der Waals surface area (Å²) in [5.74, 6) is -1.66. The van der Waals surface area contributed by atoms with Crippen LogP contribution in [0.5, 0.6) is 5.75 Å². The molecule has 1 heterocycles. The minimum Gasteiger partial charge on any atom is -0.497 e. The van der Waals surface area contributed by atoms with Crippen molar-refractivity contribution in [3.05, 3.63) is 184 Å². The van der Waals surface area contributed by atoms with Crippen LogP contribution in [0.15, 0.2) is 157 Å². The molecule has 1 fully saturated rings. The first kappa shape index (κ1) is 54.4. The monoisotopic (exact) mass is 1050 g/mol. The quantitative estimate of drug-likeness (QED) is 0.0991. The predicted octanol–water partition coefficient (Wildman–Crippen LogP) is 11.5. The highest BCUT2D eigenvalue weighted by Gasteiger charge is 2.44. The van der Waals surface area contributed by atoms with E-state index >= 15 is 0 Å². The molecule has 1 saturated carbocycles. The van der Waals surface area contributed by atoms with E-state index in [1.54, 1.807) is 66.7 Å². The van der Waals surface area contributed by atoms with E-state index in [0.717, 1.165) is 47.8 Å². The summed E-state index contributed by atoms with van der Waals surface area (Å²) in [5.41, 5.74) is 2.42. The summed E-state index contributed by atoms with van der Waals surface area (Å²) >= 11 is 6.18. The molecule has 1 aliphatic heterocycles. The Hall–Kier alpha value is -7.37. The second-order valence-electron chi connectivity index (χ2n) is 18.0. The Morgan fingerprint density at radius 1 is 0.811 bits per heavy atom. The summed E-state index contributed by atoms with van der Waals surface area (Å²) < 4.78 is 87.1. The van der Waals surface area contributed by atoms with Crippen LogP contribution in [0.3, 0.4) is 0 Å². The summed E-state index contributed by atoms with van der Waals surface area (Å²) in [6.07, 6.45) is -2.68. The van der Waals surface area contributed by atoms with Crippen LogP contribution in [0.25, 0.3) is 0 Å². The van der Waals surface area contributed by atoms with Gasteiger partial charge in [0.2, 0.25) is 5.91 Å². The van der Waals surface area contributed by atoms with Gasteiger partial charge in [-0.15, -0.1) is 0 Å². The fourth-order valence-corrected chi connectivity index (χ4v) is 10.7. The number of likely N-dealkylation sites (N-methyl/N-ethyl adjacent to an activating group) is 1. The molecule has 6 aromatic rings. The summed E-state index contributed by atoms with van der Waals surface area (Å²) in [6, 6.07) is 41.7. The number of halogens is 4. The molecule has 13 nitrogen and oxygen atoms in total. The van der Waals surface area contributed by atoms with E-state index in [0.29, 0.717) is 28.6 Å². The molecule has 2 atom stereocenters. The van der Waals surface area contributed by atoms with E-state index in [2.05, 4.69) is 5.32 Å². The molecule has 0 spiro atoms. The van der Waals surface area contributed by atoms with Crippen molar-refractivity contribution in [3.8, 4) is 5.75 Å². The molecule has 388 valence electrons. The van der Waals surface area contributed by atoms with Crippen LogP contribution >= 0.6 is 11.6 Å². The van der Waals surface area contributed by atoms with Gasteiger partial charge < -0.3 is 29.3 Å². The summed E-state index contributed by atoms with van der Waals surface area (Å²) in [4.78, 5) is 53.4. The number of ether oxygens (including phenoxy) is 3. The molecule has 18 heteroatoms. The molecule has 1 aliphatic carbocycles. The smallest absolute Gasteiger partial charge is 0.416 e. The molecule has 2 aliphatic rings. The van der Waals surface area contributed by atoms with Crippen molar-refractivity contribution in [3.63, 3.8) is 0 Å². The average Bonchev–Trinajstić information content (AvgIpc) is 3.88. The number of hydrogen-bond donors (Lipinski definition) is 1. The number of hydrogen-bond acceptors (Lipinski definition) is 9. The van der Waals surface area contributed by atoms with E-state index in [9.17, 15) is 40.8 Å². The van der Waals surface area contributed by atoms with Gasteiger partial charge in [0.15, 0.2) is 6.10 Å². The second-order valence-corrected chi connectivity index (χ2v) is 20.3. The maximum Gasteiger partial charge on any atom is 0.416 e. The first-order valence-corrected chi connectivity index (χ1v) is 25.7. The van der Waals surface area contributed by atoms with Crippen molar-refractivity contribution in [2.45, 2.75) is 75.3 Å². The molecule has 1 N–H and O–H groups in total. The zero-order chi connectivity index (χ0) is 53.0. The number of methoxy groups -OCH3 is 1. The van der Waals surface area contributed by atoms with E-state index in [1.807, 2.05) is 60.7 Å². The Balaban J connectivity index is 0.000000219. The number of rotatable bonds is 15. The minimum atomic E-state index is -4.58. The molecular weight excluding hydrogens is 997 g/mol. The van der Waals surface area contributed by atoms with Crippen molar-refractivity contribution in [1.29, 1.82) is 0 Å². The summed E-state index contributed by atoms with van der Waals surface area (Å²) in [7, 11) is -1.10. The van der Waals surface area contributed by atoms with Gasteiger partial charge in [0, 0.05) is 42.8 Å². The highest BCUT2D eigenvalue weighted by Crippen LogP contribution is 2.44. The van der Waals surface area contributed by atoms with Crippen molar-refractivity contribution < 1.29 is 55.0 Å². The van der Waals surface area contributed by atoms with Crippen LogP contribution in [0.4, 0.5) is 35.0 Å². The molecule has 6 aromatic carbocycles. The third-order valence-corrected chi connectivity index (χ3v) is 14.7. The normalized spacial score (nSPS) is 15.7. The minimum absolute atomic E-state index is 0.0168. The van der Waals surface area contributed by atoms with Crippen molar-refractivity contribution >= 4 is 62.6 Å².